The van der Waals surface area contributed by atoms with Gasteiger partial charge in [0, 0.05) is 81.4 Å². The Morgan fingerprint density at radius 3 is 1.23 bits per heavy atom. The SMILES string of the molecule is C1=CC2Sc3ccccc3N(c3ccc(C4C5NSNC5C(c5ccc(N6c7ccccc7SC7C=CC=CC76)cc5)C5NSNC54)cc3)C2C=C1. The molecule has 0 radical (unpaired) electrons. The van der Waals surface area contributed by atoms with Crippen LogP contribution in [0.15, 0.2) is 155 Å². The van der Waals surface area contributed by atoms with E-state index in [1.54, 1.807) is 24.3 Å². The van der Waals surface area contributed by atoms with E-state index in [0.717, 1.165) is 0 Å². The second-order valence-electron chi connectivity index (χ2n) is 14.4. The van der Waals surface area contributed by atoms with Crippen LogP contribution in [0.1, 0.15) is 23.0 Å². The first kappa shape index (κ1) is 32.1. The fourth-order valence-electron chi connectivity index (χ4n) is 9.39. The van der Waals surface area contributed by atoms with E-state index in [2.05, 4.69) is 174 Å². The van der Waals surface area contributed by atoms with E-state index in [-0.39, 0.29) is 24.2 Å². The van der Waals surface area contributed by atoms with E-state index in [1.165, 1.54) is 43.7 Å². The van der Waals surface area contributed by atoms with E-state index < -0.39 is 0 Å². The lowest BCUT2D eigenvalue weighted by Gasteiger charge is -2.46. The van der Waals surface area contributed by atoms with Gasteiger partial charge in [0.1, 0.15) is 0 Å². The maximum absolute atomic E-state index is 3.83. The molecular weight excluding hydrogens is 717 g/mol. The molecule has 260 valence electrons. The number of hydrogen-bond acceptors (Lipinski definition) is 10. The third-order valence-corrected chi connectivity index (χ3v) is 15.9. The molecule has 1 saturated carbocycles. The van der Waals surface area contributed by atoms with Crippen molar-refractivity contribution in [2.45, 2.75) is 68.4 Å². The van der Waals surface area contributed by atoms with Gasteiger partial charge in [-0.15, -0.1) is 23.5 Å². The highest BCUT2D eigenvalue weighted by Gasteiger charge is 2.55. The Kier molecular flexibility index (Phi) is 8.17. The molecule has 10 heteroatoms. The highest BCUT2D eigenvalue weighted by Crippen LogP contribution is 2.51. The topological polar surface area (TPSA) is 54.6 Å². The van der Waals surface area contributed by atoms with Crippen molar-refractivity contribution in [1.29, 1.82) is 0 Å². The van der Waals surface area contributed by atoms with Crippen molar-refractivity contribution >= 4 is 70.5 Å². The minimum Gasteiger partial charge on any atom is -0.332 e. The van der Waals surface area contributed by atoms with Gasteiger partial charge in [-0.2, -0.15) is 0 Å². The Labute approximate surface area is 322 Å². The average molecular weight is 755 g/mol. The number of thioether (sulfide) groups is 2. The molecule has 4 aromatic rings. The second-order valence-corrected chi connectivity index (χ2v) is 18.2. The second kappa shape index (κ2) is 13.2. The van der Waals surface area contributed by atoms with E-state index >= 15 is 0 Å². The molecular formula is C42H38N6S4. The molecule has 6 nitrogen and oxygen atoms in total. The lowest BCUT2D eigenvalue weighted by molar-refractivity contribution is 0.223. The molecule has 2 saturated heterocycles. The molecule has 3 fully saturated rings. The standard InChI is InChI=1S/C42H38N6S4/c1-5-13-33-29(9-1)47(30-10-2-6-14-34(30)49-33)27-21-17-25(18-22-27)37-39-41(45-51-43-39)38(42-40(37)44-52-46-42)26-19-23-28(24-20-26)48-31-11-3-7-15-35(31)50-36-16-8-4-12-32(36)48/h1-24,29,31,33,35,37-46H. The number of nitrogens with one attached hydrogen (secondary N) is 4. The summed E-state index contributed by atoms with van der Waals surface area (Å²) in [5.41, 5.74) is 7.81. The Bertz CT molecular complexity index is 1950. The molecule has 4 aliphatic heterocycles. The van der Waals surface area contributed by atoms with Crippen LogP contribution in [0.5, 0.6) is 0 Å². The summed E-state index contributed by atoms with van der Waals surface area (Å²) in [6.45, 7) is 0. The van der Waals surface area contributed by atoms with Crippen LogP contribution >= 0.6 is 47.8 Å². The Hall–Kier alpha value is -3.32. The smallest absolute Gasteiger partial charge is 0.0683 e. The number of anilines is 4. The van der Waals surface area contributed by atoms with Crippen molar-refractivity contribution in [3.8, 4) is 0 Å². The maximum atomic E-state index is 3.83. The predicted molar refractivity (Wildman–Crippen MR) is 222 cm³/mol. The van der Waals surface area contributed by atoms with Crippen LogP contribution in [-0.4, -0.2) is 46.8 Å². The molecule has 0 spiro atoms. The summed E-state index contributed by atoms with van der Waals surface area (Å²) in [5, 5.41) is 0.796. The molecule has 8 atom stereocenters. The molecule has 4 heterocycles. The lowest BCUT2D eigenvalue weighted by Crippen LogP contribution is -2.61. The van der Waals surface area contributed by atoms with Gasteiger partial charge >= 0.3 is 0 Å². The van der Waals surface area contributed by atoms with Crippen LogP contribution in [0.4, 0.5) is 22.7 Å². The highest BCUT2D eigenvalue weighted by molar-refractivity contribution is 8.00. The molecule has 8 unspecified atom stereocenters. The van der Waals surface area contributed by atoms with Gasteiger partial charge < -0.3 is 9.80 Å². The molecule has 3 aliphatic carbocycles. The molecule has 0 aromatic heterocycles. The zero-order valence-corrected chi connectivity index (χ0v) is 31.4. The first-order valence-electron chi connectivity index (χ1n) is 18.1. The summed E-state index contributed by atoms with van der Waals surface area (Å²) in [7, 11) is 0. The van der Waals surface area contributed by atoms with Gasteiger partial charge in [-0.1, -0.05) is 97.1 Å². The van der Waals surface area contributed by atoms with Gasteiger partial charge in [0.2, 0.25) is 0 Å². The molecule has 52 heavy (non-hydrogen) atoms. The number of para-hydroxylation sites is 2. The third kappa shape index (κ3) is 5.21. The lowest BCUT2D eigenvalue weighted by atomic mass is 9.65. The van der Waals surface area contributed by atoms with E-state index in [9.17, 15) is 0 Å². The van der Waals surface area contributed by atoms with Crippen LogP contribution in [0.3, 0.4) is 0 Å². The number of rotatable bonds is 4. The van der Waals surface area contributed by atoms with Gasteiger partial charge in [-0.3, -0.25) is 0 Å². The zero-order chi connectivity index (χ0) is 34.2. The van der Waals surface area contributed by atoms with Crippen LogP contribution in [0, 0.1) is 0 Å². The van der Waals surface area contributed by atoms with Crippen molar-refractivity contribution in [1.82, 2.24) is 18.9 Å². The normalized spacial score (nSPS) is 33.5. The van der Waals surface area contributed by atoms with Crippen molar-refractivity contribution < 1.29 is 0 Å². The van der Waals surface area contributed by atoms with Crippen LogP contribution in [-0.2, 0) is 0 Å². The molecule has 4 N–H and O–H groups in total. The van der Waals surface area contributed by atoms with Crippen LogP contribution in [0.2, 0.25) is 0 Å². The summed E-state index contributed by atoms with van der Waals surface area (Å²) in [6, 6.07) is 38.3. The van der Waals surface area contributed by atoms with Crippen molar-refractivity contribution in [3.63, 3.8) is 0 Å². The first-order valence-corrected chi connectivity index (χ1v) is 21.5. The zero-order valence-electron chi connectivity index (χ0n) is 28.2. The first-order chi connectivity index (χ1) is 25.8. The van der Waals surface area contributed by atoms with E-state index in [1.807, 2.05) is 23.5 Å². The molecule has 0 bridgehead atoms. The van der Waals surface area contributed by atoms with Gasteiger partial charge in [-0.25, -0.2) is 18.9 Å². The summed E-state index contributed by atoms with van der Waals surface area (Å²) in [4.78, 5) is 7.75. The number of hydrogen-bond donors (Lipinski definition) is 4. The largest absolute Gasteiger partial charge is 0.332 e. The minimum atomic E-state index is 0.267. The number of fused-ring (bicyclic) bond motifs is 6. The monoisotopic (exact) mass is 754 g/mol. The fraction of sp³-hybridized carbons (Fsp3) is 0.238. The molecule has 0 amide bonds. The van der Waals surface area contributed by atoms with Gasteiger partial charge in [0.25, 0.3) is 0 Å². The molecule has 11 rings (SSSR count). The average Bonchev–Trinajstić information content (AvgIpc) is 3.89. The summed E-state index contributed by atoms with van der Waals surface area (Å²) >= 11 is 7.27. The Morgan fingerprint density at radius 2 is 0.808 bits per heavy atom. The summed E-state index contributed by atoms with van der Waals surface area (Å²) in [5.74, 6) is 0.592. The van der Waals surface area contributed by atoms with Crippen molar-refractivity contribution in [3.05, 3.63) is 157 Å². The fourth-order valence-corrected chi connectivity index (χ4v) is 13.8. The van der Waals surface area contributed by atoms with Crippen molar-refractivity contribution in [2.24, 2.45) is 0 Å². The van der Waals surface area contributed by atoms with Gasteiger partial charge in [0.15, 0.2) is 0 Å². The number of nitrogens with zero attached hydrogens (tertiary/aromatic N) is 2. The Morgan fingerprint density at radius 1 is 0.423 bits per heavy atom. The quantitative estimate of drug-likeness (QED) is 0.152. The highest BCUT2D eigenvalue weighted by atomic mass is 32.2. The summed E-state index contributed by atoms with van der Waals surface area (Å²) in [6.07, 6.45) is 18.2. The van der Waals surface area contributed by atoms with Crippen LogP contribution < -0.4 is 28.7 Å². The molecule has 4 aromatic carbocycles. The van der Waals surface area contributed by atoms with Crippen LogP contribution in [0.25, 0.3) is 0 Å². The summed E-state index contributed by atoms with van der Waals surface area (Å²) < 4.78 is 15.3. The van der Waals surface area contributed by atoms with Gasteiger partial charge in [0.05, 0.1) is 34.0 Å². The number of benzene rings is 4. The van der Waals surface area contributed by atoms with E-state index in [4.69, 9.17) is 0 Å². The van der Waals surface area contributed by atoms with E-state index in [0.29, 0.717) is 34.4 Å². The minimum absolute atomic E-state index is 0.267. The predicted octanol–water partition coefficient (Wildman–Crippen LogP) is 8.77. The van der Waals surface area contributed by atoms with Gasteiger partial charge in [-0.05, 0) is 59.7 Å². The maximum Gasteiger partial charge on any atom is 0.0683 e. The van der Waals surface area contributed by atoms with Crippen molar-refractivity contribution in [2.75, 3.05) is 9.80 Å². The molecule has 7 aliphatic rings. The third-order valence-electron chi connectivity index (χ3n) is 11.7. The number of allylic oxidation sites excluding steroid dienone is 4. The Balaban J connectivity index is 0.898.